The van der Waals surface area contributed by atoms with E-state index in [-0.39, 0.29) is 37.8 Å². The summed E-state index contributed by atoms with van der Waals surface area (Å²) in [5.74, 6) is -0.399. The van der Waals surface area contributed by atoms with Gasteiger partial charge in [-0.3, -0.25) is 0 Å². The Bertz CT molecular complexity index is 904. The molecule has 0 unspecified atom stereocenters. The van der Waals surface area contributed by atoms with Crippen LogP contribution in [0, 0.1) is 0 Å². The summed E-state index contributed by atoms with van der Waals surface area (Å²) in [7, 11) is -2.18. The third-order valence-corrected chi connectivity index (χ3v) is 15.7. The van der Waals surface area contributed by atoms with Crippen LogP contribution in [-0.4, -0.2) is 51.0 Å². The van der Waals surface area contributed by atoms with E-state index in [9.17, 15) is 9.59 Å². The number of benzene rings is 2. The number of carbonyl (C=O) groups is 2. The van der Waals surface area contributed by atoms with Crippen LogP contribution in [0.15, 0.2) is 54.6 Å². The maximum atomic E-state index is 13.4. The number of hydrogen-bond donors (Lipinski definition) is 0. The van der Waals surface area contributed by atoms with Crippen molar-refractivity contribution in [1.29, 1.82) is 0 Å². The van der Waals surface area contributed by atoms with E-state index < -0.39 is 8.32 Å². The van der Waals surface area contributed by atoms with E-state index in [4.69, 9.17) is 4.43 Å². The topological polar surface area (TPSA) is 46.6 Å². The van der Waals surface area contributed by atoms with Gasteiger partial charge < -0.3 is 0 Å². The van der Waals surface area contributed by atoms with Crippen LogP contribution in [-0.2, 0) is 4.43 Å². The standard InChI is InChI=1S/C26H35NO3SeSi/c1-17(2)32(18(3)4,19(5)6)30-20(7)26(31-21-13-9-8-10-14-21)27-24(28)22-15-11-12-16-23(22)25(27)29/h8-20,26H,1-7H3/t20-,26-/m1/s1. The summed E-state index contributed by atoms with van der Waals surface area (Å²) in [6.07, 6.45) is -0.240. The molecule has 1 aliphatic rings. The second kappa shape index (κ2) is 10.0. The molecule has 2 aromatic carbocycles. The Morgan fingerprint density at radius 2 is 1.16 bits per heavy atom. The number of nitrogens with zero attached hydrogens (tertiary/aromatic N) is 1. The van der Waals surface area contributed by atoms with Crippen molar-refractivity contribution in [3.05, 3.63) is 65.7 Å². The predicted octanol–water partition coefficient (Wildman–Crippen LogP) is 5.22. The Hall–Kier alpha value is -1.72. The van der Waals surface area contributed by atoms with E-state index >= 15 is 0 Å². The van der Waals surface area contributed by atoms with E-state index in [2.05, 4.69) is 60.6 Å². The molecule has 3 rings (SSSR count). The molecular weight excluding hydrogens is 481 g/mol. The van der Waals surface area contributed by atoms with E-state index in [1.807, 2.05) is 30.3 Å². The summed E-state index contributed by atoms with van der Waals surface area (Å²) < 4.78 is 8.23. The molecule has 172 valence electrons. The molecule has 0 spiro atoms. The molecule has 1 heterocycles. The van der Waals surface area contributed by atoms with Crippen LogP contribution in [0.4, 0.5) is 0 Å². The van der Waals surface area contributed by atoms with Gasteiger partial charge in [0.1, 0.15) is 0 Å². The van der Waals surface area contributed by atoms with Crippen LogP contribution < -0.4 is 4.46 Å². The summed E-state index contributed by atoms with van der Waals surface area (Å²) in [5, 5.41) is 0. The van der Waals surface area contributed by atoms with Crippen molar-refractivity contribution in [3.8, 4) is 0 Å². The molecule has 6 heteroatoms. The predicted molar refractivity (Wildman–Crippen MR) is 134 cm³/mol. The quantitative estimate of drug-likeness (QED) is 0.339. The SMILES string of the molecule is CC(C)[Si](O[C@H](C)[C@@H]([Se]c1ccccc1)N1C(=O)c2ccccc2C1=O)(C(C)C)C(C)C. The molecule has 0 aromatic heterocycles. The Morgan fingerprint density at radius 3 is 1.59 bits per heavy atom. The van der Waals surface area contributed by atoms with Crippen LogP contribution in [0.2, 0.25) is 16.6 Å². The minimum absolute atomic E-state index is 0.140. The van der Waals surface area contributed by atoms with Gasteiger partial charge in [-0.2, -0.15) is 0 Å². The summed E-state index contributed by atoms with van der Waals surface area (Å²) >= 11 is -0.140. The zero-order valence-electron chi connectivity index (χ0n) is 20.2. The van der Waals surface area contributed by atoms with Gasteiger partial charge in [0, 0.05) is 0 Å². The minimum atomic E-state index is -2.18. The van der Waals surface area contributed by atoms with E-state index in [0.717, 1.165) is 4.46 Å². The van der Waals surface area contributed by atoms with Crippen molar-refractivity contribution >= 4 is 39.6 Å². The first-order valence-corrected chi connectivity index (χ1v) is 15.5. The first-order chi connectivity index (χ1) is 15.1. The van der Waals surface area contributed by atoms with Gasteiger partial charge in [-0.05, 0) is 0 Å². The van der Waals surface area contributed by atoms with Crippen molar-refractivity contribution in [2.75, 3.05) is 0 Å². The van der Waals surface area contributed by atoms with Gasteiger partial charge >= 0.3 is 200 Å². The second-order valence-corrected chi connectivity index (χ2v) is 17.4. The molecule has 0 saturated carbocycles. The molecule has 32 heavy (non-hydrogen) atoms. The third-order valence-electron chi connectivity index (χ3n) is 6.58. The summed E-state index contributed by atoms with van der Waals surface area (Å²) in [5.41, 5.74) is 2.28. The number of hydrogen-bond acceptors (Lipinski definition) is 3. The average Bonchev–Trinajstić information content (AvgIpc) is 3.00. The molecular formula is C26H35NO3SeSi. The van der Waals surface area contributed by atoms with Crippen molar-refractivity contribution in [3.63, 3.8) is 0 Å². The van der Waals surface area contributed by atoms with Crippen molar-refractivity contribution in [2.24, 2.45) is 0 Å². The van der Waals surface area contributed by atoms with Crippen LogP contribution in [0.3, 0.4) is 0 Å². The molecule has 0 radical (unpaired) electrons. The fourth-order valence-corrected chi connectivity index (χ4v) is 13.4. The van der Waals surface area contributed by atoms with Crippen LogP contribution in [0.5, 0.6) is 0 Å². The van der Waals surface area contributed by atoms with Crippen molar-refractivity contribution in [2.45, 2.75) is 76.1 Å². The van der Waals surface area contributed by atoms with Gasteiger partial charge in [0.05, 0.1) is 0 Å². The zero-order chi connectivity index (χ0) is 23.6. The Kier molecular flexibility index (Phi) is 7.82. The van der Waals surface area contributed by atoms with Gasteiger partial charge in [-0.15, -0.1) is 0 Å². The van der Waals surface area contributed by atoms with Crippen LogP contribution in [0.1, 0.15) is 69.2 Å². The monoisotopic (exact) mass is 517 g/mol. The summed E-state index contributed by atoms with van der Waals surface area (Å²) in [6, 6.07) is 17.3. The number of imide groups is 1. The Balaban J connectivity index is 2.02. The number of amides is 2. The molecule has 2 aromatic rings. The van der Waals surface area contributed by atoms with E-state index in [1.165, 1.54) is 4.90 Å². The Morgan fingerprint density at radius 1 is 0.719 bits per heavy atom. The molecule has 1 aliphatic heterocycles. The maximum absolute atomic E-state index is 13.4. The van der Waals surface area contributed by atoms with E-state index in [1.54, 1.807) is 12.1 Å². The van der Waals surface area contributed by atoms with Crippen molar-refractivity contribution < 1.29 is 14.0 Å². The number of fused-ring (bicyclic) bond motifs is 1. The van der Waals surface area contributed by atoms with Gasteiger partial charge in [0.15, 0.2) is 0 Å². The summed E-state index contributed by atoms with van der Waals surface area (Å²) in [6.45, 7) is 15.6. The molecule has 0 N–H and O–H groups in total. The summed E-state index contributed by atoms with van der Waals surface area (Å²) in [4.78, 5) is 27.9. The second-order valence-electron chi connectivity index (χ2n) is 9.49. The van der Waals surface area contributed by atoms with Gasteiger partial charge in [0.2, 0.25) is 0 Å². The van der Waals surface area contributed by atoms with Crippen LogP contribution >= 0.6 is 0 Å². The fraction of sp³-hybridized carbons (Fsp3) is 0.462. The molecule has 0 fully saturated rings. The van der Waals surface area contributed by atoms with Gasteiger partial charge in [-0.25, -0.2) is 0 Å². The van der Waals surface area contributed by atoms with Gasteiger partial charge in [-0.1, -0.05) is 0 Å². The number of rotatable bonds is 9. The fourth-order valence-electron chi connectivity index (χ4n) is 5.22. The van der Waals surface area contributed by atoms with E-state index in [0.29, 0.717) is 27.8 Å². The molecule has 2 amide bonds. The average molecular weight is 517 g/mol. The first-order valence-electron chi connectivity index (χ1n) is 11.5. The molecule has 0 aliphatic carbocycles. The first kappa shape index (κ1) is 24.9. The molecule has 4 nitrogen and oxygen atoms in total. The number of carbonyl (C=O) groups excluding carboxylic acids is 2. The molecule has 0 saturated heterocycles. The molecule has 0 bridgehead atoms. The van der Waals surface area contributed by atoms with Crippen molar-refractivity contribution in [1.82, 2.24) is 4.90 Å². The van der Waals surface area contributed by atoms with Crippen LogP contribution in [0.25, 0.3) is 0 Å². The zero-order valence-corrected chi connectivity index (χ0v) is 22.9. The third kappa shape index (κ3) is 4.51. The normalized spacial score (nSPS) is 16.2. The Labute approximate surface area is 200 Å². The molecule has 2 atom stereocenters. The van der Waals surface area contributed by atoms with Gasteiger partial charge in [0.25, 0.3) is 0 Å².